The molecule has 0 amide bonds. The molecule has 0 bridgehead atoms. The molecule has 0 aromatic carbocycles. The lowest BCUT2D eigenvalue weighted by molar-refractivity contribution is -0.161. The molecule has 0 aliphatic rings. The van der Waals surface area contributed by atoms with Gasteiger partial charge in [-0.15, -0.1) is 0 Å². The zero-order valence-corrected chi connectivity index (χ0v) is 53.7. The van der Waals surface area contributed by atoms with E-state index in [2.05, 4.69) is 34.6 Å². The second kappa shape index (κ2) is 55.9. The summed E-state index contributed by atoms with van der Waals surface area (Å²) in [6.45, 7) is 6.99. The molecule has 0 spiro atoms. The summed E-state index contributed by atoms with van der Waals surface area (Å²) in [5.74, 6) is -1.48. The number of ether oxygens (including phenoxy) is 4. The van der Waals surface area contributed by atoms with Crippen LogP contribution in [0.25, 0.3) is 0 Å². The van der Waals surface area contributed by atoms with E-state index in [0.717, 1.165) is 96.3 Å². The number of phosphoric ester groups is 2. The molecule has 0 aliphatic carbocycles. The van der Waals surface area contributed by atoms with Gasteiger partial charge in [0.2, 0.25) is 0 Å². The molecule has 0 fully saturated rings. The second-order valence-electron chi connectivity index (χ2n) is 22.9. The average molecular weight is 1200 g/mol. The van der Waals surface area contributed by atoms with E-state index in [1.165, 1.54) is 128 Å². The van der Waals surface area contributed by atoms with Gasteiger partial charge in [0.25, 0.3) is 0 Å². The van der Waals surface area contributed by atoms with Crippen molar-refractivity contribution in [3.63, 3.8) is 0 Å². The molecule has 0 rings (SSSR count). The Kier molecular flexibility index (Phi) is 54.6. The Morgan fingerprint density at radius 2 is 0.568 bits per heavy atom. The van der Waals surface area contributed by atoms with E-state index < -0.39 is 97.5 Å². The summed E-state index contributed by atoms with van der Waals surface area (Å²) in [6.07, 6.45) is 39.5. The Hall–Kier alpha value is -1.94. The standard InChI is InChI=1S/C62H120O17P2/c1-6-9-12-15-17-19-21-22-23-24-25-26-27-29-31-37-42-47-61(66)78-58(52-73-60(65)46-41-36-30-28-20-18-16-13-10-7-2)54-77-81(70,71)75-50-56(63)49-74-80(68,69)76-53-57(51-72-59(64)45-40-34-14-11-8-3)79-62(67)48-43-38-33-32-35-39-44-55(4)5/h55-58,63H,6-54H2,1-5H3,(H,68,69)(H,70,71)/t56-,57+,58+/m0/s1. The normalized spacial score (nSPS) is 14.3. The zero-order valence-electron chi connectivity index (χ0n) is 51.9. The molecule has 81 heavy (non-hydrogen) atoms. The van der Waals surface area contributed by atoms with Crippen molar-refractivity contribution < 1.29 is 80.2 Å². The van der Waals surface area contributed by atoms with Gasteiger partial charge in [-0.25, -0.2) is 9.13 Å². The average Bonchev–Trinajstić information content (AvgIpc) is 3.43. The van der Waals surface area contributed by atoms with Crippen LogP contribution in [0.15, 0.2) is 0 Å². The molecule has 0 aromatic heterocycles. The highest BCUT2D eigenvalue weighted by Gasteiger charge is 2.30. The lowest BCUT2D eigenvalue weighted by atomic mass is 10.0. The molecular formula is C62H120O17P2. The summed E-state index contributed by atoms with van der Waals surface area (Å²) in [7, 11) is -9.87. The summed E-state index contributed by atoms with van der Waals surface area (Å²) >= 11 is 0. The van der Waals surface area contributed by atoms with E-state index in [0.29, 0.717) is 31.6 Å². The molecule has 19 heteroatoms. The van der Waals surface area contributed by atoms with Gasteiger partial charge in [0.1, 0.15) is 19.3 Å². The van der Waals surface area contributed by atoms with Crippen LogP contribution in [0.4, 0.5) is 0 Å². The third-order valence-electron chi connectivity index (χ3n) is 14.3. The van der Waals surface area contributed by atoms with Crippen LogP contribution in [0.2, 0.25) is 0 Å². The van der Waals surface area contributed by atoms with Gasteiger partial charge in [-0.3, -0.25) is 37.3 Å². The van der Waals surface area contributed by atoms with E-state index in [4.69, 9.17) is 37.0 Å². The van der Waals surface area contributed by atoms with Crippen LogP contribution in [-0.4, -0.2) is 96.7 Å². The van der Waals surface area contributed by atoms with Gasteiger partial charge in [-0.2, -0.15) is 0 Å². The fraction of sp³-hybridized carbons (Fsp3) is 0.935. The summed E-state index contributed by atoms with van der Waals surface area (Å²) in [5, 5.41) is 10.5. The highest BCUT2D eigenvalue weighted by Crippen LogP contribution is 2.45. The predicted molar refractivity (Wildman–Crippen MR) is 322 cm³/mol. The summed E-state index contributed by atoms with van der Waals surface area (Å²) in [5.41, 5.74) is 0. The van der Waals surface area contributed by atoms with Crippen LogP contribution in [0, 0.1) is 5.92 Å². The Balaban J connectivity index is 5.13. The maximum Gasteiger partial charge on any atom is 0.472 e. The molecule has 3 N–H and O–H groups in total. The van der Waals surface area contributed by atoms with Gasteiger partial charge in [-0.1, -0.05) is 259 Å². The second-order valence-corrected chi connectivity index (χ2v) is 25.8. The molecular weight excluding hydrogens is 1080 g/mol. The van der Waals surface area contributed by atoms with Crippen LogP contribution in [0.5, 0.6) is 0 Å². The maximum atomic E-state index is 12.9. The molecule has 0 saturated carbocycles. The molecule has 2 unspecified atom stereocenters. The summed E-state index contributed by atoms with van der Waals surface area (Å²) in [4.78, 5) is 71.8. The molecule has 0 aromatic rings. The Morgan fingerprint density at radius 3 is 0.840 bits per heavy atom. The van der Waals surface area contributed by atoms with Crippen molar-refractivity contribution >= 4 is 39.5 Å². The monoisotopic (exact) mass is 1200 g/mol. The van der Waals surface area contributed by atoms with Gasteiger partial charge in [0, 0.05) is 25.7 Å². The molecule has 0 radical (unpaired) electrons. The molecule has 0 aliphatic heterocycles. The van der Waals surface area contributed by atoms with Crippen molar-refractivity contribution in [1.82, 2.24) is 0 Å². The number of aliphatic hydroxyl groups is 1. The fourth-order valence-corrected chi connectivity index (χ4v) is 10.8. The van der Waals surface area contributed by atoms with Gasteiger partial charge < -0.3 is 33.8 Å². The number of unbranched alkanes of at least 4 members (excludes halogenated alkanes) is 34. The van der Waals surface area contributed by atoms with Gasteiger partial charge in [-0.05, 0) is 31.6 Å². The Labute approximate surface area is 492 Å². The molecule has 0 heterocycles. The van der Waals surface area contributed by atoms with Gasteiger partial charge >= 0.3 is 39.5 Å². The zero-order chi connectivity index (χ0) is 59.9. The smallest absolute Gasteiger partial charge is 0.462 e. The minimum Gasteiger partial charge on any atom is -0.462 e. The van der Waals surface area contributed by atoms with Crippen LogP contribution >= 0.6 is 15.6 Å². The minimum atomic E-state index is -4.94. The number of aliphatic hydroxyl groups excluding tert-OH is 1. The first kappa shape index (κ1) is 79.1. The van der Waals surface area contributed by atoms with Crippen molar-refractivity contribution in [2.45, 2.75) is 329 Å². The Morgan fingerprint density at radius 1 is 0.333 bits per heavy atom. The first-order chi connectivity index (χ1) is 39.0. The van der Waals surface area contributed by atoms with E-state index in [-0.39, 0.29) is 25.7 Å². The largest absolute Gasteiger partial charge is 0.472 e. The molecule has 5 atom stereocenters. The molecule has 0 saturated heterocycles. The lowest BCUT2D eigenvalue weighted by Gasteiger charge is -2.21. The number of rotatable bonds is 62. The fourth-order valence-electron chi connectivity index (χ4n) is 9.23. The predicted octanol–water partition coefficient (Wildman–Crippen LogP) is 17.0. The van der Waals surface area contributed by atoms with Gasteiger partial charge in [0.15, 0.2) is 12.2 Å². The third-order valence-corrected chi connectivity index (χ3v) is 16.2. The van der Waals surface area contributed by atoms with Crippen LogP contribution in [0.3, 0.4) is 0 Å². The van der Waals surface area contributed by atoms with E-state index >= 15 is 0 Å². The first-order valence-electron chi connectivity index (χ1n) is 32.6. The van der Waals surface area contributed by atoms with Crippen molar-refractivity contribution in [3.05, 3.63) is 0 Å². The number of carbonyl (C=O) groups is 4. The van der Waals surface area contributed by atoms with E-state index in [1.54, 1.807) is 0 Å². The number of phosphoric acid groups is 2. The van der Waals surface area contributed by atoms with Crippen molar-refractivity contribution in [3.8, 4) is 0 Å². The highest BCUT2D eigenvalue weighted by molar-refractivity contribution is 7.47. The van der Waals surface area contributed by atoms with E-state index in [1.807, 2.05) is 0 Å². The number of hydrogen-bond donors (Lipinski definition) is 3. The van der Waals surface area contributed by atoms with Crippen LogP contribution in [0.1, 0.15) is 311 Å². The summed E-state index contributed by atoms with van der Waals surface area (Å²) in [6, 6.07) is 0. The maximum absolute atomic E-state index is 12.9. The van der Waals surface area contributed by atoms with Crippen molar-refractivity contribution in [2.75, 3.05) is 39.6 Å². The van der Waals surface area contributed by atoms with Crippen molar-refractivity contribution in [2.24, 2.45) is 5.92 Å². The first-order valence-corrected chi connectivity index (χ1v) is 35.6. The number of hydrogen-bond acceptors (Lipinski definition) is 15. The topological polar surface area (TPSA) is 237 Å². The number of esters is 4. The third kappa shape index (κ3) is 56.9. The van der Waals surface area contributed by atoms with Crippen LogP contribution in [-0.2, 0) is 65.4 Å². The quantitative estimate of drug-likeness (QED) is 0.0222. The summed E-state index contributed by atoms with van der Waals surface area (Å²) < 4.78 is 67.7. The van der Waals surface area contributed by atoms with Crippen LogP contribution < -0.4 is 0 Å². The van der Waals surface area contributed by atoms with E-state index in [9.17, 15) is 43.2 Å². The highest BCUT2D eigenvalue weighted by atomic mass is 31.2. The molecule has 17 nitrogen and oxygen atoms in total. The minimum absolute atomic E-state index is 0.101. The van der Waals surface area contributed by atoms with Gasteiger partial charge in [0.05, 0.1) is 26.4 Å². The Bertz CT molecular complexity index is 1580. The lowest BCUT2D eigenvalue weighted by Crippen LogP contribution is -2.30. The number of carbonyl (C=O) groups excluding carboxylic acids is 4. The van der Waals surface area contributed by atoms with Crippen molar-refractivity contribution in [1.29, 1.82) is 0 Å². The molecule has 480 valence electrons. The SMILES string of the molecule is CCCCCCCCCCCCCCCCCCCC(=O)O[C@H](COC(=O)CCCCCCCCCCCC)COP(=O)(O)OC[C@@H](O)COP(=O)(O)OC[C@@H](COC(=O)CCCCCCC)OC(=O)CCCCCCCCC(C)C.